The maximum atomic E-state index is 12.3. The van der Waals surface area contributed by atoms with E-state index in [1.165, 1.54) is 21.6 Å². The van der Waals surface area contributed by atoms with Crippen LogP contribution in [0.1, 0.15) is 41.0 Å². The molecule has 1 aliphatic rings. The number of amides is 2. The minimum absolute atomic E-state index is 0.0813. The van der Waals surface area contributed by atoms with Gasteiger partial charge in [-0.05, 0) is 26.2 Å². The molecular weight excluding hydrogens is 364 g/mol. The minimum atomic E-state index is -0.805. The van der Waals surface area contributed by atoms with Crippen molar-refractivity contribution in [1.82, 2.24) is 10.6 Å². The van der Waals surface area contributed by atoms with Crippen LogP contribution in [0.2, 0.25) is 0 Å². The van der Waals surface area contributed by atoms with Crippen molar-refractivity contribution in [3.63, 3.8) is 0 Å². The molecule has 0 radical (unpaired) electrons. The number of hydrogen-bond acceptors (Lipinski definition) is 6. The standard InChI is InChI=1S/C16H28N2O5S2/c1-15(2,3)23-14(22)18-12-11(16(12,4)5)13(21)17-7-9-25-24-8-6-10(19)20/h11-12H,6-9H2,1-5H3,(H,17,21)(H,18,22)(H,19,20)/t11-,12-/m1/s1. The molecule has 0 aromatic carbocycles. The van der Waals surface area contributed by atoms with Crippen LogP contribution in [0.3, 0.4) is 0 Å². The Morgan fingerprint density at radius 3 is 2.32 bits per heavy atom. The third-order valence-corrected chi connectivity index (χ3v) is 6.16. The van der Waals surface area contributed by atoms with E-state index >= 15 is 0 Å². The second-order valence-corrected chi connectivity index (χ2v) is 10.2. The summed E-state index contributed by atoms with van der Waals surface area (Å²) in [6.07, 6.45) is -0.371. The van der Waals surface area contributed by atoms with Crippen molar-refractivity contribution >= 4 is 39.6 Å². The fourth-order valence-electron chi connectivity index (χ4n) is 2.40. The number of carboxylic acid groups (broad SMARTS) is 1. The van der Waals surface area contributed by atoms with Gasteiger partial charge in [-0.3, -0.25) is 9.59 Å². The van der Waals surface area contributed by atoms with Gasteiger partial charge in [-0.25, -0.2) is 4.79 Å². The molecule has 2 amide bonds. The molecule has 1 aliphatic carbocycles. The maximum absolute atomic E-state index is 12.3. The summed E-state index contributed by atoms with van der Waals surface area (Å²) in [7, 11) is 3.02. The van der Waals surface area contributed by atoms with Gasteiger partial charge in [0.1, 0.15) is 5.60 Å². The highest BCUT2D eigenvalue weighted by Crippen LogP contribution is 2.52. The monoisotopic (exact) mass is 392 g/mol. The predicted molar refractivity (Wildman–Crippen MR) is 101 cm³/mol. The Balaban J connectivity index is 2.27. The van der Waals surface area contributed by atoms with Crippen LogP contribution in [0.5, 0.6) is 0 Å². The van der Waals surface area contributed by atoms with Crippen LogP contribution >= 0.6 is 21.6 Å². The molecule has 0 heterocycles. The molecule has 0 aromatic rings. The number of carbonyl (C=O) groups is 3. The van der Waals surface area contributed by atoms with Gasteiger partial charge in [0.25, 0.3) is 0 Å². The van der Waals surface area contributed by atoms with Crippen LogP contribution in [0.15, 0.2) is 0 Å². The summed E-state index contributed by atoms with van der Waals surface area (Å²) < 4.78 is 5.23. The lowest BCUT2D eigenvalue weighted by molar-refractivity contribution is -0.136. The van der Waals surface area contributed by atoms with Crippen LogP contribution in [0.4, 0.5) is 4.79 Å². The molecule has 0 aliphatic heterocycles. The van der Waals surface area contributed by atoms with E-state index in [-0.39, 0.29) is 29.7 Å². The second kappa shape index (κ2) is 9.02. The van der Waals surface area contributed by atoms with Gasteiger partial charge in [-0.15, -0.1) is 0 Å². The Labute approximate surface area is 156 Å². The fraction of sp³-hybridized carbons (Fsp3) is 0.812. The Bertz CT molecular complexity index is 505. The SMILES string of the molecule is CC(C)(C)OC(=O)N[C@@H]1[C@H](C(=O)NCCSSCCC(=O)O)C1(C)C. The molecular formula is C16H28N2O5S2. The minimum Gasteiger partial charge on any atom is -0.481 e. The van der Waals surface area contributed by atoms with Gasteiger partial charge >= 0.3 is 12.1 Å². The fourth-order valence-corrected chi connectivity index (χ4v) is 4.29. The van der Waals surface area contributed by atoms with Crippen molar-refractivity contribution in [2.45, 2.75) is 52.7 Å². The van der Waals surface area contributed by atoms with Crippen molar-refractivity contribution in [2.75, 3.05) is 18.1 Å². The Kier molecular flexibility index (Phi) is 7.92. The van der Waals surface area contributed by atoms with E-state index < -0.39 is 17.7 Å². The van der Waals surface area contributed by atoms with Gasteiger partial charge in [0.15, 0.2) is 0 Å². The Morgan fingerprint density at radius 2 is 1.76 bits per heavy atom. The lowest BCUT2D eigenvalue weighted by Crippen LogP contribution is -2.37. The predicted octanol–water partition coefficient (Wildman–Crippen LogP) is 2.51. The van der Waals surface area contributed by atoms with Crippen molar-refractivity contribution in [2.24, 2.45) is 11.3 Å². The number of carboxylic acids is 1. The van der Waals surface area contributed by atoms with Crippen LogP contribution in [0.25, 0.3) is 0 Å². The summed E-state index contributed by atoms with van der Waals surface area (Å²) in [6.45, 7) is 9.77. The third kappa shape index (κ3) is 7.77. The molecule has 1 fully saturated rings. The van der Waals surface area contributed by atoms with E-state index in [2.05, 4.69) is 10.6 Å². The smallest absolute Gasteiger partial charge is 0.407 e. The summed E-state index contributed by atoms with van der Waals surface area (Å²) in [5, 5.41) is 14.2. The average Bonchev–Trinajstić information content (AvgIpc) is 2.95. The number of ether oxygens (including phenoxy) is 1. The van der Waals surface area contributed by atoms with E-state index in [4.69, 9.17) is 9.84 Å². The summed E-state index contributed by atoms with van der Waals surface area (Å²) in [4.78, 5) is 34.5. The topological polar surface area (TPSA) is 105 Å². The molecule has 1 rings (SSSR count). The molecule has 0 saturated heterocycles. The van der Waals surface area contributed by atoms with E-state index in [0.717, 1.165) is 0 Å². The number of aliphatic carboxylic acids is 1. The largest absolute Gasteiger partial charge is 0.481 e. The molecule has 1 saturated carbocycles. The zero-order valence-corrected chi connectivity index (χ0v) is 17.0. The number of nitrogens with one attached hydrogen (secondary N) is 2. The maximum Gasteiger partial charge on any atom is 0.407 e. The molecule has 2 atom stereocenters. The van der Waals surface area contributed by atoms with Crippen molar-refractivity contribution in [3.05, 3.63) is 0 Å². The van der Waals surface area contributed by atoms with E-state index in [0.29, 0.717) is 18.1 Å². The first-order valence-electron chi connectivity index (χ1n) is 8.18. The third-order valence-electron chi connectivity index (χ3n) is 3.75. The lowest BCUT2D eigenvalue weighted by atomic mass is 10.1. The number of rotatable bonds is 9. The number of alkyl carbamates (subject to hydrolysis) is 1. The van der Waals surface area contributed by atoms with Gasteiger partial charge in [0.2, 0.25) is 5.91 Å². The van der Waals surface area contributed by atoms with Gasteiger partial charge in [0.05, 0.1) is 18.4 Å². The molecule has 144 valence electrons. The first-order valence-corrected chi connectivity index (χ1v) is 10.7. The highest BCUT2D eigenvalue weighted by molar-refractivity contribution is 8.76. The normalized spacial score (nSPS) is 21.3. The highest BCUT2D eigenvalue weighted by Gasteiger charge is 2.62. The molecule has 7 nitrogen and oxygen atoms in total. The zero-order valence-electron chi connectivity index (χ0n) is 15.4. The summed E-state index contributed by atoms with van der Waals surface area (Å²) >= 11 is 0. The van der Waals surface area contributed by atoms with Gasteiger partial charge < -0.3 is 20.5 Å². The van der Waals surface area contributed by atoms with Crippen molar-refractivity contribution < 1.29 is 24.2 Å². The summed E-state index contributed by atoms with van der Waals surface area (Å²) in [5.74, 6) is 0.0894. The van der Waals surface area contributed by atoms with Crippen LogP contribution in [0, 0.1) is 11.3 Å². The van der Waals surface area contributed by atoms with E-state index in [1.807, 2.05) is 13.8 Å². The molecule has 25 heavy (non-hydrogen) atoms. The second-order valence-electron chi connectivity index (χ2n) is 7.50. The van der Waals surface area contributed by atoms with Crippen molar-refractivity contribution in [3.8, 4) is 0 Å². The first-order chi connectivity index (χ1) is 11.4. The number of carbonyl (C=O) groups excluding carboxylic acids is 2. The first kappa shape index (κ1) is 22.0. The van der Waals surface area contributed by atoms with Gasteiger partial charge in [-0.1, -0.05) is 35.4 Å². The molecule has 9 heteroatoms. The van der Waals surface area contributed by atoms with Gasteiger partial charge in [-0.2, -0.15) is 0 Å². The molecule has 3 N–H and O–H groups in total. The Morgan fingerprint density at radius 1 is 1.16 bits per heavy atom. The molecule has 0 aromatic heterocycles. The van der Waals surface area contributed by atoms with Crippen LogP contribution in [-0.2, 0) is 14.3 Å². The van der Waals surface area contributed by atoms with Crippen LogP contribution in [-0.4, -0.2) is 52.8 Å². The summed E-state index contributed by atoms with van der Waals surface area (Å²) in [6, 6.07) is -0.236. The number of hydrogen-bond donors (Lipinski definition) is 3. The molecule has 0 unspecified atom stereocenters. The molecule has 0 bridgehead atoms. The zero-order chi connectivity index (χ0) is 19.3. The Hall–Kier alpha value is -1.09. The quantitative estimate of drug-likeness (QED) is 0.409. The molecule has 0 spiro atoms. The van der Waals surface area contributed by atoms with E-state index in [9.17, 15) is 14.4 Å². The van der Waals surface area contributed by atoms with Crippen molar-refractivity contribution in [1.29, 1.82) is 0 Å². The van der Waals surface area contributed by atoms with Gasteiger partial charge in [0, 0.05) is 18.1 Å². The highest BCUT2D eigenvalue weighted by atomic mass is 33.1. The van der Waals surface area contributed by atoms with E-state index in [1.54, 1.807) is 20.8 Å². The average molecular weight is 393 g/mol. The lowest BCUT2D eigenvalue weighted by Gasteiger charge is -2.20. The summed E-state index contributed by atoms with van der Waals surface area (Å²) in [5.41, 5.74) is -0.874. The van der Waals surface area contributed by atoms with Crippen LogP contribution < -0.4 is 10.6 Å².